The standard InChI is InChI=1S/C16H12IN7O3/c17-11-1-3-12(4-2-11)21-14-13(24(26)27)15(20-9-19-14)22-23-16(25)10-5-7-18-8-6-10/h1-9H,(H,23,25)(H2,19,20,21,22). The number of nitrogens with zero attached hydrogens (tertiary/aromatic N) is 4. The second-order valence-electron chi connectivity index (χ2n) is 5.12. The first kappa shape index (κ1) is 18.4. The molecule has 0 aliphatic heterocycles. The fraction of sp³-hybridized carbons (Fsp3) is 0. The van der Waals surface area contributed by atoms with Gasteiger partial charge in [-0.25, -0.2) is 9.97 Å². The van der Waals surface area contributed by atoms with Crippen molar-refractivity contribution in [1.29, 1.82) is 0 Å². The van der Waals surface area contributed by atoms with E-state index in [1.54, 1.807) is 12.1 Å². The first-order valence-corrected chi connectivity index (χ1v) is 8.61. The van der Waals surface area contributed by atoms with Crippen LogP contribution in [0.2, 0.25) is 0 Å². The van der Waals surface area contributed by atoms with Crippen LogP contribution in [-0.4, -0.2) is 25.8 Å². The minimum atomic E-state index is -0.629. The van der Waals surface area contributed by atoms with E-state index in [9.17, 15) is 14.9 Å². The van der Waals surface area contributed by atoms with E-state index in [1.165, 1.54) is 24.5 Å². The van der Waals surface area contributed by atoms with Gasteiger partial charge in [0.1, 0.15) is 6.33 Å². The molecule has 0 fully saturated rings. The van der Waals surface area contributed by atoms with Crippen molar-refractivity contribution in [2.45, 2.75) is 0 Å². The maximum atomic E-state index is 12.1. The Morgan fingerprint density at radius 1 is 1.04 bits per heavy atom. The molecule has 3 rings (SSSR count). The molecular weight excluding hydrogens is 465 g/mol. The summed E-state index contributed by atoms with van der Waals surface area (Å²) in [6.07, 6.45) is 4.08. The van der Waals surface area contributed by atoms with E-state index >= 15 is 0 Å². The molecule has 1 aromatic carbocycles. The molecule has 10 nitrogen and oxygen atoms in total. The molecule has 0 aliphatic rings. The van der Waals surface area contributed by atoms with Crippen molar-refractivity contribution in [3.8, 4) is 0 Å². The first-order chi connectivity index (χ1) is 13.0. The molecule has 0 spiro atoms. The molecule has 2 heterocycles. The van der Waals surface area contributed by atoms with Crippen LogP contribution in [0.25, 0.3) is 0 Å². The highest BCUT2D eigenvalue weighted by molar-refractivity contribution is 14.1. The van der Waals surface area contributed by atoms with Crippen molar-refractivity contribution in [3.63, 3.8) is 0 Å². The number of benzene rings is 1. The summed E-state index contributed by atoms with van der Waals surface area (Å²) in [4.78, 5) is 34.6. The Morgan fingerprint density at radius 3 is 2.37 bits per heavy atom. The van der Waals surface area contributed by atoms with E-state index in [4.69, 9.17) is 0 Å². The smallest absolute Gasteiger partial charge is 0.334 e. The lowest BCUT2D eigenvalue weighted by Gasteiger charge is -2.11. The molecule has 0 atom stereocenters. The highest BCUT2D eigenvalue weighted by atomic mass is 127. The van der Waals surface area contributed by atoms with Gasteiger partial charge in [-0.2, -0.15) is 0 Å². The molecule has 11 heteroatoms. The minimum Gasteiger partial charge on any atom is -0.334 e. The third kappa shape index (κ3) is 4.63. The molecule has 3 aromatic rings. The van der Waals surface area contributed by atoms with Gasteiger partial charge in [0.25, 0.3) is 5.91 Å². The van der Waals surface area contributed by atoms with Crippen LogP contribution in [0.4, 0.5) is 23.0 Å². The van der Waals surface area contributed by atoms with Gasteiger partial charge in [-0.1, -0.05) is 0 Å². The number of nitro groups is 1. The van der Waals surface area contributed by atoms with Crippen LogP contribution < -0.4 is 16.2 Å². The topological polar surface area (TPSA) is 135 Å². The maximum absolute atomic E-state index is 12.1. The van der Waals surface area contributed by atoms with Gasteiger partial charge in [0.05, 0.1) is 4.92 Å². The summed E-state index contributed by atoms with van der Waals surface area (Å²) in [7, 11) is 0. The lowest BCUT2D eigenvalue weighted by atomic mass is 10.3. The minimum absolute atomic E-state index is 0.00290. The number of carbonyl (C=O) groups is 1. The number of amides is 1. The average molecular weight is 477 g/mol. The number of hydrogen-bond acceptors (Lipinski definition) is 8. The summed E-state index contributed by atoms with van der Waals surface area (Å²) in [6.45, 7) is 0. The fourth-order valence-corrected chi connectivity index (χ4v) is 2.46. The van der Waals surface area contributed by atoms with Crippen molar-refractivity contribution in [3.05, 3.63) is 74.4 Å². The second-order valence-corrected chi connectivity index (χ2v) is 6.37. The molecule has 27 heavy (non-hydrogen) atoms. The van der Waals surface area contributed by atoms with E-state index in [2.05, 4.69) is 53.7 Å². The molecule has 0 saturated carbocycles. The van der Waals surface area contributed by atoms with Gasteiger partial charge in [0.15, 0.2) is 0 Å². The Balaban J connectivity index is 1.82. The van der Waals surface area contributed by atoms with Crippen LogP contribution in [0.15, 0.2) is 55.1 Å². The van der Waals surface area contributed by atoms with E-state index in [-0.39, 0.29) is 11.6 Å². The van der Waals surface area contributed by atoms with Gasteiger partial charge in [0.2, 0.25) is 11.6 Å². The predicted octanol–water partition coefficient (Wildman–Crippen LogP) is 2.88. The molecule has 3 N–H and O–H groups in total. The van der Waals surface area contributed by atoms with E-state index < -0.39 is 16.5 Å². The fourth-order valence-electron chi connectivity index (χ4n) is 2.10. The molecule has 0 unspecified atom stereocenters. The number of halogens is 1. The highest BCUT2D eigenvalue weighted by Crippen LogP contribution is 2.30. The van der Waals surface area contributed by atoms with Gasteiger partial charge < -0.3 is 5.32 Å². The molecule has 1 amide bonds. The lowest BCUT2D eigenvalue weighted by Crippen LogP contribution is -2.30. The second kappa shape index (κ2) is 8.35. The quantitative estimate of drug-likeness (QED) is 0.280. The van der Waals surface area contributed by atoms with Crippen molar-refractivity contribution in [1.82, 2.24) is 20.4 Å². The normalized spacial score (nSPS) is 10.1. The van der Waals surface area contributed by atoms with E-state index in [0.717, 1.165) is 9.90 Å². The van der Waals surface area contributed by atoms with Crippen LogP contribution in [0.3, 0.4) is 0 Å². The molecule has 0 aliphatic carbocycles. The number of pyridine rings is 1. The third-order valence-electron chi connectivity index (χ3n) is 3.35. The Kier molecular flexibility index (Phi) is 5.71. The number of aromatic nitrogens is 3. The summed E-state index contributed by atoms with van der Waals surface area (Å²) in [5.41, 5.74) is 5.41. The summed E-state index contributed by atoms with van der Waals surface area (Å²) in [6, 6.07) is 10.3. The van der Waals surface area contributed by atoms with Gasteiger partial charge in [-0.3, -0.25) is 30.7 Å². The molecule has 0 bridgehead atoms. The van der Waals surface area contributed by atoms with Gasteiger partial charge in [-0.15, -0.1) is 0 Å². The van der Waals surface area contributed by atoms with Crippen molar-refractivity contribution in [2.24, 2.45) is 0 Å². The van der Waals surface area contributed by atoms with Gasteiger partial charge in [0, 0.05) is 27.2 Å². The summed E-state index contributed by atoms with van der Waals surface area (Å²) < 4.78 is 1.02. The van der Waals surface area contributed by atoms with Crippen LogP contribution in [-0.2, 0) is 0 Å². The number of nitrogens with one attached hydrogen (secondary N) is 3. The summed E-state index contributed by atoms with van der Waals surface area (Å²) in [5, 5.41) is 14.4. The van der Waals surface area contributed by atoms with Crippen molar-refractivity contribution >= 4 is 51.5 Å². The number of rotatable bonds is 6. The molecule has 0 radical (unpaired) electrons. The van der Waals surface area contributed by atoms with Crippen molar-refractivity contribution in [2.75, 3.05) is 10.7 Å². The Hall–Kier alpha value is -3.35. The molecule has 136 valence electrons. The summed E-state index contributed by atoms with van der Waals surface area (Å²) in [5.74, 6) is -0.639. The number of hydrogen-bond donors (Lipinski definition) is 3. The Morgan fingerprint density at radius 2 is 1.70 bits per heavy atom. The average Bonchev–Trinajstić information content (AvgIpc) is 2.68. The van der Waals surface area contributed by atoms with Crippen molar-refractivity contribution < 1.29 is 9.72 Å². The van der Waals surface area contributed by atoms with Crippen LogP contribution in [0.5, 0.6) is 0 Å². The van der Waals surface area contributed by atoms with Crippen LogP contribution in [0.1, 0.15) is 10.4 Å². The largest absolute Gasteiger partial charge is 0.355 e. The van der Waals surface area contributed by atoms with Crippen LogP contribution >= 0.6 is 22.6 Å². The highest BCUT2D eigenvalue weighted by Gasteiger charge is 2.23. The number of anilines is 3. The zero-order valence-corrected chi connectivity index (χ0v) is 15.7. The first-order valence-electron chi connectivity index (χ1n) is 7.53. The number of hydrazine groups is 1. The Bertz CT molecular complexity index is 968. The van der Waals surface area contributed by atoms with Crippen LogP contribution in [0, 0.1) is 13.7 Å². The maximum Gasteiger partial charge on any atom is 0.355 e. The van der Waals surface area contributed by atoms with Gasteiger partial charge >= 0.3 is 5.69 Å². The molecule has 0 saturated heterocycles. The lowest BCUT2D eigenvalue weighted by molar-refractivity contribution is -0.383. The predicted molar refractivity (Wildman–Crippen MR) is 106 cm³/mol. The zero-order valence-electron chi connectivity index (χ0n) is 13.6. The molecule has 2 aromatic heterocycles. The summed E-state index contributed by atoms with van der Waals surface area (Å²) >= 11 is 2.16. The van der Waals surface area contributed by atoms with Gasteiger partial charge in [-0.05, 0) is 59.0 Å². The van der Waals surface area contributed by atoms with E-state index in [0.29, 0.717) is 11.3 Å². The third-order valence-corrected chi connectivity index (χ3v) is 4.07. The van der Waals surface area contributed by atoms with E-state index in [1.807, 2.05) is 12.1 Å². The number of carbonyl (C=O) groups excluding carboxylic acids is 1. The Labute approximate surface area is 166 Å². The monoisotopic (exact) mass is 477 g/mol. The zero-order chi connectivity index (χ0) is 19.2. The SMILES string of the molecule is O=C(NNc1ncnc(Nc2ccc(I)cc2)c1[N+](=O)[O-])c1ccncc1. The molecular formula is C16H12IN7O3.